The summed E-state index contributed by atoms with van der Waals surface area (Å²) in [5.41, 5.74) is 2.09. The third kappa shape index (κ3) is 6.05. The van der Waals surface area contributed by atoms with E-state index in [2.05, 4.69) is 15.5 Å². The van der Waals surface area contributed by atoms with Gasteiger partial charge in [-0.2, -0.15) is 0 Å². The van der Waals surface area contributed by atoms with Crippen molar-refractivity contribution in [2.45, 2.75) is 31.3 Å². The standard InChI is InChI=1S/C27H31N3O4/c1-33-22-13-11-21(12-14-22)24(30-15-5-6-16-30)19-28-26(31)23(18-20-8-3-2-4-9-20)29-27(32)25-10-7-17-34-25/h2-4,7-14,17,23-24H,5-6,15-16,18-19H2,1H3,(H,28,31)(H,29,32). The maximum Gasteiger partial charge on any atom is 0.287 e. The lowest BCUT2D eigenvalue weighted by molar-refractivity contribution is -0.123. The van der Waals surface area contributed by atoms with Crippen LogP contribution in [0.1, 0.15) is 40.6 Å². The molecule has 2 aromatic carbocycles. The van der Waals surface area contributed by atoms with Gasteiger partial charge in [-0.1, -0.05) is 42.5 Å². The molecule has 3 aromatic rings. The number of methoxy groups -OCH3 is 1. The third-order valence-electron chi connectivity index (χ3n) is 6.20. The molecule has 2 unspecified atom stereocenters. The van der Waals surface area contributed by atoms with Crippen molar-refractivity contribution in [2.75, 3.05) is 26.7 Å². The predicted octanol–water partition coefficient (Wildman–Crippen LogP) is 3.58. The van der Waals surface area contributed by atoms with Crippen molar-refractivity contribution in [2.24, 2.45) is 0 Å². The van der Waals surface area contributed by atoms with Crippen molar-refractivity contribution in [1.29, 1.82) is 0 Å². The van der Waals surface area contributed by atoms with E-state index in [0.29, 0.717) is 13.0 Å². The molecule has 2 atom stereocenters. The van der Waals surface area contributed by atoms with E-state index in [9.17, 15) is 9.59 Å². The Morgan fingerprint density at radius 1 is 1.00 bits per heavy atom. The highest BCUT2D eigenvalue weighted by Gasteiger charge is 2.27. The number of carbonyl (C=O) groups is 2. The van der Waals surface area contributed by atoms with Crippen LogP contribution >= 0.6 is 0 Å². The molecule has 2 amide bonds. The molecule has 1 fully saturated rings. The maximum absolute atomic E-state index is 13.3. The lowest BCUT2D eigenvalue weighted by Crippen LogP contribution is -2.49. The highest BCUT2D eigenvalue weighted by atomic mass is 16.5. The van der Waals surface area contributed by atoms with Crippen molar-refractivity contribution in [3.63, 3.8) is 0 Å². The van der Waals surface area contributed by atoms with Crippen molar-refractivity contribution in [3.05, 3.63) is 89.9 Å². The molecule has 1 aliphatic rings. The van der Waals surface area contributed by atoms with E-state index in [-0.39, 0.29) is 17.7 Å². The Bertz CT molecular complexity index is 1050. The maximum atomic E-state index is 13.3. The van der Waals surface area contributed by atoms with Crippen LogP contribution in [0.25, 0.3) is 0 Å². The molecule has 0 saturated carbocycles. The van der Waals surface area contributed by atoms with Crippen molar-refractivity contribution in [3.8, 4) is 5.75 Å². The fourth-order valence-electron chi connectivity index (χ4n) is 4.35. The van der Waals surface area contributed by atoms with Gasteiger partial charge in [0.15, 0.2) is 5.76 Å². The van der Waals surface area contributed by atoms with Gasteiger partial charge in [-0.05, 0) is 61.3 Å². The van der Waals surface area contributed by atoms with Gasteiger partial charge in [-0.15, -0.1) is 0 Å². The van der Waals surface area contributed by atoms with E-state index in [1.54, 1.807) is 19.2 Å². The minimum atomic E-state index is -0.727. The molecule has 4 rings (SSSR count). The van der Waals surface area contributed by atoms with Crippen LogP contribution in [0.5, 0.6) is 5.75 Å². The fraction of sp³-hybridized carbons (Fsp3) is 0.333. The van der Waals surface area contributed by atoms with Crippen LogP contribution in [0.15, 0.2) is 77.4 Å². The van der Waals surface area contributed by atoms with Crippen LogP contribution in [-0.4, -0.2) is 49.5 Å². The molecule has 0 aliphatic carbocycles. The molecular formula is C27H31N3O4. The molecule has 1 aromatic heterocycles. The normalized spacial score (nSPS) is 15.4. The van der Waals surface area contributed by atoms with E-state index < -0.39 is 11.9 Å². The molecule has 178 valence electrons. The lowest BCUT2D eigenvalue weighted by atomic mass is 10.0. The van der Waals surface area contributed by atoms with E-state index in [1.807, 2.05) is 54.6 Å². The predicted molar refractivity (Wildman–Crippen MR) is 130 cm³/mol. The SMILES string of the molecule is COc1ccc(C(CNC(=O)C(Cc2ccccc2)NC(=O)c2ccco2)N2CCCC2)cc1. The highest BCUT2D eigenvalue weighted by Crippen LogP contribution is 2.26. The molecule has 1 saturated heterocycles. The lowest BCUT2D eigenvalue weighted by Gasteiger charge is -2.29. The Morgan fingerprint density at radius 3 is 2.38 bits per heavy atom. The average molecular weight is 462 g/mol. The molecule has 7 heteroatoms. The van der Waals surface area contributed by atoms with Gasteiger partial charge in [0, 0.05) is 13.0 Å². The summed E-state index contributed by atoms with van der Waals surface area (Å²) in [6.07, 6.45) is 4.12. The van der Waals surface area contributed by atoms with Crippen LogP contribution in [0.2, 0.25) is 0 Å². The number of benzene rings is 2. The summed E-state index contributed by atoms with van der Waals surface area (Å²) >= 11 is 0. The molecule has 0 radical (unpaired) electrons. The van der Waals surface area contributed by atoms with Crippen LogP contribution in [0.3, 0.4) is 0 Å². The van der Waals surface area contributed by atoms with Crippen molar-refractivity contribution >= 4 is 11.8 Å². The quantitative estimate of drug-likeness (QED) is 0.482. The summed E-state index contributed by atoms with van der Waals surface area (Å²) in [4.78, 5) is 28.3. The zero-order chi connectivity index (χ0) is 23.8. The number of carbonyl (C=O) groups excluding carboxylic acids is 2. The number of furan rings is 1. The van der Waals surface area contributed by atoms with Gasteiger partial charge in [0.2, 0.25) is 5.91 Å². The molecule has 0 bridgehead atoms. The zero-order valence-electron chi connectivity index (χ0n) is 19.4. The van der Waals surface area contributed by atoms with Gasteiger partial charge in [0.25, 0.3) is 5.91 Å². The number of likely N-dealkylation sites (tertiary alicyclic amines) is 1. The fourth-order valence-corrected chi connectivity index (χ4v) is 4.35. The average Bonchev–Trinajstić information content (AvgIpc) is 3.60. The number of hydrogen-bond acceptors (Lipinski definition) is 5. The Kier molecular flexibility index (Phi) is 7.99. The minimum Gasteiger partial charge on any atom is -0.497 e. The zero-order valence-corrected chi connectivity index (χ0v) is 19.4. The van der Waals surface area contributed by atoms with Gasteiger partial charge in [0.05, 0.1) is 19.4 Å². The second kappa shape index (κ2) is 11.5. The summed E-state index contributed by atoms with van der Waals surface area (Å²) < 4.78 is 10.5. The topological polar surface area (TPSA) is 83.8 Å². The first kappa shape index (κ1) is 23.6. The molecule has 1 aliphatic heterocycles. The van der Waals surface area contributed by atoms with Gasteiger partial charge in [-0.3, -0.25) is 14.5 Å². The number of nitrogens with one attached hydrogen (secondary N) is 2. The highest BCUT2D eigenvalue weighted by molar-refractivity contribution is 5.95. The Labute approximate surface area is 200 Å². The largest absolute Gasteiger partial charge is 0.497 e. The Hall–Kier alpha value is -3.58. The van der Waals surface area contributed by atoms with Gasteiger partial charge >= 0.3 is 0 Å². The molecule has 2 heterocycles. The molecular weight excluding hydrogens is 430 g/mol. The number of ether oxygens (including phenoxy) is 1. The summed E-state index contributed by atoms with van der Waals surface area (Å²) in [7, 11) is 1.65. The second-order valence-electron chi connectivity index (χ2n) is 8.47. The number of hydrogen-bond donors (Lipinski definition) is 2. The van der Waals surface area contributed by atoms with Gasteiger partial charge in [0.1, 0.15) is 11.8 Å². The smallest absolute Gasteiger partial charge is 0.287 e. The molecule has 34 heavy (non-hydrogen) atoms. The number of amides is 2. The summed E-state index contributed by atoms with van der Waals surface area (Å²) in [5, 5.41) is 5.94. The summed E-state index contributed by atoms with van der Waals surface area (Å²) in [6.45, 7) is 2.44. The van der Waals surface area contributed by atoms with E-state index in [4.69, 9.17) is 9.15 Å². The van der Waals surface area contributed by atoms with Crippen LogP contribution < -0.4 is 15.4 Å². The first-order valence-corrected chi connectivity index (χ1v) is 11.7. The van der Waals surface area contributed by atoms with Crippen molar-refractivity contribution in [1.82, 2.24) is 15.5 Å². The van der Waals surface area contributed by atoms with Crippen LogP contribution in [0, 0.1) is 0 Å². The van der Waals surface area contributed by atoms with E-state index in [1.165, 1.54) is 6.26 Å². The molecule has 7 nitrogen and oxygen atoms in total. The number of nitrogens with zero attached hydrogens (tertiary/aromatic N) is 1. The second-order valence-corrected chi connectivity index (χ2v) is 8.47. The third-order valence-corrected chi connectivity index (χ3v) is 6.20. The number of rotatable bonds is 10. The Morgan fingerprint density at radius 2 is 1.74 bits per heavy atom. The Balaban J connectivity index is 1.48. The summed E-state index contributed by atoms with van der Waals surface area (Å²) in [6, 6.07) is 20.2. The first-order valence-electron chi connectivity index (χ1n) is 11.7. The first-order chi connectivity index (χ1) is 16.6. The van der Waals surface area contributed by atoms with E-state index >= 15 is 0 Å². The van der Waals surface area contributed by atoms with Gasteiger partial charge in [-0.25, -0.2) is 0 Å². The summed E-state index contributed by atoms with van der Waals surface area (Å²) in [5.74, 6) is 0.351. The van der Waals surface area contributed by atoms with Gasteiger partial charge < -0.3 is 19.8 Å². The van der Waals surface area contributed by atoms with Crippen LogP contribution in [-0.2, 0) is 11.2 Å². The van der Waals surface area contributed by atoms with Crippen LogP contribution in [0.4, 0.5) is 0 Å². The molecule has 0 spiro atoms. The van der Waals surface area contributed by atoms with E-state index in [0.717, 1.165) is 42.8 Å². The molecule has 2 N–H and O–H groups in total. The minimum absolute atomic E-state index is 0.0514. The van der Waals surface area contributed by atoms with Crippen molar-refractivity contribution < 1.29 is 18.7 Å². The monoisotopic (exact) mass is 461 g/mol.